The minimum absolute atomic E-state index is 0.105. The van der Waals surface area contributed by atoms with Crippen molar-refractivity contribution in [3.8, 4) is 0 Å². The van der Waals surface area contributed by atoms with E-state index in [0.717, 1.165) is 0 Å². The maximum absolute atomic E-state index is 12.1. The van der Waals surface area contributed by atoms with Gasteiger partial charge in [0, 0.05) is 13.5 Å². The predicted molar refractivity (Wildman–Crippen MR) is 73.7 cm³/mol. The highest BCUT2D eigenvalue weighted by Crippen LogP contribution is 2.22. The molecular weight excluding hydrogens is 278 g/mol. The molecule has 0 saturated carbocycles. The normalized spacial score (nSPS) is 13.7. The summed E-state index contributed by atoms with van der Waals surface area (Å²) < 4.78 is 5.10. The number of carbonyl (C=O) groups excluding carboxylic acids is 2. The number of methoxy groups -OCH3 is 1. The summed E-state index contributed by atoms with van der Waals surface area (Å²) in [7, 11) is 1.37. The maximum Gasteiger partial charge on any atom is 0.326 e. The van der Waals surface area contributed by atoms with E-state index in [-0.39, 0.29) is 12.8 Å². The molecule has 0 aliphatic heterocycles. The van der Waals surface area contributed by atoms with Crippen molar-refractivity contribution < 1.29 is 29.0 Å². The zero-order valence-corrected chi connectivity index (χ0v) is 12.6. The first-order valence-electron chi connectivity index (χ1n) is 6.39. The molecule has 8 heteroatoms. The number of ether oxygens (including phenoxy) is 1. The largest absolute Gasteiger partial charge is 0.480 e. The van der Waals surface area contributed by atoms with E-state index in [4.69, 9.17) is 15.4 Å². The first-order valence-corrected chi connectivity index (χ1v) is 6.39. The molecule has 0 rings (SSSR count). The molecule has 0 aromatic rings. The van der Waals surface area contributed by atoms with Gasteiger partial charge in [0.05, 0.1) is 0 Å². The number of carboxylic acid groups (broad SMARTS) is 1. The molecule has 0 saturated heterocycles. The number of carbonyl (C=O) groups is 3. The summed E-state index contributed by atoms with van der Waals surface area (Å²) in [5.41, 5.74) is 7.70. The van der Waals surface area contributed by atoms with Gasteiger partial charge in [-0.25, -0.2) is 4.79 Å². The molecule has 0 aromatic heterocycles. The second-order valence-electron chi connectivity index (χ2n) is 5.63. The van der Waals surface area contributed by atoms with Gasteiger partial charge in [-0.2, -0.15) is 4.79 Å². The van der Waals surface area contributed by atoms with Gasteiger partial charge in [0.1, 0.15) is 12.1 Å². The minimum atomic E-state index is -1.25. The van der Waals surface area contributed by atoms with Crippen LogP contribution in [0.4, 0.5) is 0 Å². The lowest BCUT2D eigenvalue weighted by atomic mass is 9.88. The summed E-state index contributed by atoms with van der Waals surface area (Å²) >= 11 is 0. The standard InChI is InChI=1S/C13H21N3O5/c1-13(2,3)10(21-4)11(18)16-9(12(19)20)6-5-8(17)7-15-14/h7,9-10H,5-6H2,1-4H3,(H,16,18)(H,19,20)/t9-,10+/m0/s1. The molecule has 0 aliphatic rings. The van der Waals surface area contributed by atoms with Crippen molar-refractivity contribution in [2.24, 2.45) is 5.41 Å². The Labute approximate surface area is 123 Å². The monoisotopic (exact) mass is 299 g/mol. The van der Waals surface area contributed by atoms with Crippen LogP contribution in [-0.2, 0) is 19.1 Å². The van der Waals surface area contributed by atoms with Crippen molar-refractivity contribution in [1.29, 1.82) is 0 Å². The smallest absolute Gasteiger partial charge is 0.326 e. The number of Topliss-reactive ketones (excluding diaryl/α,β-unsaturated/α-hetero) is 1. The molecule has 0 aromatic carbocycles. The van der Waals surface area contributed by atoms with Crippen LogP contribution >= 0.6 is 0 Å². The molecule has 0 bridgehead atoms. The molecule has 0 unspecified atom stereocenters. The van der Waals surface area contributed by atoms with Crippen molar-refractivity contribution in [2.45, 2.75) is 45.8 Å². The van der Waals surface area contributed by atoms with Crippen LogP contribution in [0.5, 0.6) is 0 Å². The van der Waals surface area contributed by atoms with E-state index in [1.807, 2.05) is 0 Å². The SMILES string of the molecule is CO[C@H](C(=O)N[C@@H](CCC(=O)C=[N+]=[N-])C(=O)O)C(C)(C)C. The molecule has 2 N–H and O–H groups in total. The Bertz CT molecular complexity index is 449. The van der Waals surface area contributed by atoms with Gasteiger partial charge in [-0.15, -0.1) is 0 Å². The van der Waals surface area contributed by atoms with Gasteiger partial charge in [-0.3, -0.25) is 9.59 Å². The van der Waals surface area contributed by atoms with Crippen LogP contribution in [-0.4, -0.2) is 53.0 Å². The van der Waals surface area contributed by atoms with E-state index in [0.29, 0.717) is 6.21 Å². The van der Waals surface area contributed by atoms with Crippen LogP contribution in [0, 0.1) is 5.41 Å². The average Bonchev–Trinajstić information content (AvgIpc) is 2.33. The summed E-state index contributed by atoms with van der Waals surface area (Å²) in [5.74, 6) is -2.33. The van der Waals surface area contributed by atoms with Crippen molar-refractivity contribution in [2.75, 3.05) is 7.11 Å². The zero-order valence-electron chi connectivity index (χ0n) is 12.6. The number of ketones is 1. The summed E-state index contributed by atoms with van der Waals surface area (Å²) in [6, 6.07) is -1.21. The molecule has 1 amide bonds. The fraction of sp³-hybridized carbons (Fsp3) is 0.692. The molecule has 118 valence electrons. The number of rotatable bonds is 8. The third kappa shape index (κ3) is 6.78. The molecule has 0 spiro atoms. The fourth-order valence-corrected chi connectivity index (χ4v) is 1.77. The summed E-state index contributed by atoms with van der Waals surface area (Å²) in [6.07, 6.45) is -0.386. The van der Waals surface area contributed by atoms with Gasteiger partial charge in [0.15, 0.2) is 0 Å². The van der Waals surface area contributed by atoms with Crippen LogP contribution < -0.4 is 5.32 Å². The van der Waals surface area contributed by atoms with E-state index in [1.54, 1.807) is 20.8 Å². The second kappa shape index (κ2) is 8.28. The van der Waals surface area contributed by atoms with Crippen molar-refractivity contribution in [3.05, 3.63) is 5.53 Å². The van der Waals surface area contributed by atoms with Gasteiger partial charge < -0.3 is 20.7 Å². The number of amides is 1. The van der Waals surface area contributed by atoms with Gasteiger partial charge >= 0.3 is 12.2 Å². The lowest BCUT2D eigenvalue weighted by Crippen LogP contribution is -2.50. The third-order valence-electron chi connectivity index (χ3n) is 2.76. The molecular formula is C13H21N3O5. The van der Waals surface area contributed by atoms with E-state index < -0.39 is 35.2 Å². The molecule has 21 heavy (non-hydrogen) atoms. The molecule has 0 heterocycles. The van der Waals surface area contributed by atoms with Crippen LogP contribution in [0.1, 0.15) is 33.6 Å². The molecule has 0 radical (unpaired) electrons. The Balaban J connectivity index is 4.78. The van der Waals surface area contributed by atoms with Gasteiger partial charge in [-0.1, -0.05) is 20.8 Å². The Morgan fingerprint density at radius 2 is 1.95 bits per heavy atom. The summed E-state index contributed by atoms with van der Waals surface area (Å²) in [6.45, 7) is 5.37. The Kier molecular flexibility index (Phi) is 7.48. The van der Waals surface area contributed by atoms with Crippen LogP contribution in [0.15, 0.2) is 0 Å². The second-order valence-corrected chi connectivity index (χ2v) is 5.63. The van der Waals surface area contributed by atoms with Crippen molar-refractivity contribution in [3.63, 3.8) is 0 Å². The van der Waals surface area contributed by atoms with Gasteiger partial charge in [0.2, 0.25) is 11.7 Å². The van der Waals surface area contributed by atoms with Crippen LogP contribution in [0.3, 0.4) is 0 Å². The topological polar surface area (TPSA) is 129 Å². The Hall–Kier alpha value is -2.05. The first kappa shape index (κ1) is 18.9. The lowest BCUT2D eigenvalue weighted by molar-refractivity contribution is -0.146. The number of hydrogen-bond donors (Lipinski definition) is 2. The third-order valence-corrected chi connectivity index (χ3v) is 2.76. The summed E-state index contributed by atoms with van der Waals surface area (Å²) in [5, 5.41) is 11.4. The first-order chi connectivity index (χ1) is 9.63. The van der Waals surface area contributed by atoms with Gasteiger partial charge in [0.25, 0.3) is 0 Å². The highest BCUT2D eigenvalue weighted by atomic mass is 16.5. The number of carboxylic acids is 1. The molecule has 8 nitrogen and oxygen atoms in total. The lowest BCUT2D eigenvalue weighted by Gasteiger charge is -2.29. The van der Waals surface area contributed by atoms with Crippen molar-refractivity contribution in [1.82, 2.24) is 5.32 Å². The maximum atomic E-state index is 12.1. The molecule has 0 fully saturated rings. The number of hydrogen-bond acceptors (Lipinski definition) is 4. The number of nitrogens with zero attached hydrogens (tertiary/aromatic N) is 2. The molecule has 2 atom stereocenters. The minimum Gasteiger partial charge on any atom is -0.480 e. The highest BCUT2D eigenvalue weighted by molar-refractivity contribution is 6.25. The predicted octanol–water partition coefficient (Wildman–Crippen LogP) is 0.267. The van der Waals surface area contributed by atoms with E-state index in [1.165, 1.54) is 7.11 Å². The van der Waals surface area contributed by atoms with Gasteiger partial charge in [-0.05, 0) is 11.8 Å². The quantitative estimate of drug-likeness (QED) is 0.377. The molecule has 0 aliphatic carbocycles. The van der Waals surface area contributed by atoms with Crippen molar-refractivity contribution >= 4 is 23.9 Å². The van der Waals surface area contributed by atoms with E-state index >= 15 is 0 Å². The number of aliphatic carboxylic acids is 1. The van der Waals surface area contributed by atoms with E-state index in [9.17, 15) is 14.4 Å². The summed E-state index contributed by atoms with van der Waals surface area (Å²) in [4.78, 5) is 36.9. The van der Waals surface area contributed by atoms with Crippen LogP contribution in [0.2, 0.25) is 0 Å². The fourth-order valence-electron chi connectivity index (χ4n) is 1.77. The zero-order chi connectivity index (χ0) is 16.6. The Morgan fingerprint density at radius 1 is 1.38 bits per heavy atom. The number of nitrogens with one attached hydrogen (secondary N) is 1. The highest BCUT2D eigenvalue weighted by Gasteiger charge is 2.33. The van der Waals surface area contributed by atoms with E-state index in [2.05, 4.69) is 10.1 Å². The average molecular weight is 299 g/mol. The van der Waals surface area contributed by atoms with Crippen LogP contribution in [0.25, 0.3) is 5.53 Å². The Morgan fingerprint density at radius 3 is 2.33 bits per heavy atom.